The largest absolute Gasteiger partial charge is 0.274 e. The van der Waals surface area contributed by atoms with Crippen molar-refractivity contribution in [2.24, 2.45) is 0 Å². The first-order chi connectivity index (χ1) is 11.3. The molecule has 0 aliphatic carbocycles. The Morgan fingerprint density at radius 3 is 2.26 bits per heavy atom. The molecule has 1 amide bonds. The summed E-state index contributed by atoms with van der Waals surface area (Å²) < 4.78 is 14.1. The molecule has 1 aliphatic rings. The molecule has 0 spiro atoms. The second kappa shape index (κ2) is 8.73. The summed E-state index contributed by atoms with van der Waals surface area (Å²) in [6.45, 7) is 4.00. The van der Waals surface area contributed by atoms with Gasteiger partial charge in [-0.3, -0.25) is 9.10 Å². The van der Waals surface area contributed by atoms with E-state index in [1.54, 1.807) is 0 Å². The topological polar surface area (TPSA) is 20.3 Å². The fraction of sp³-hybridized carbons (Fsp3) is 0.316. The Bertz CT molecular complexity index is 615. The molecule has 0 radical (unpaired) electrons. The molecule has 0 unspecified atom stereocenters. The van der Waals surface area contributed by atoms with Crippen molar-refractivity contribution in [3.05, 3.63) is 60.2 Å². The van der Waals surface area contributed by atoms with Gasteiger partial charge in [0.1, 0.15) is 0 Å². The molecule has 3 rings (SSSR count). The summed E-state index contributed by atoms with van der Waals surface area (Å²) in [5.41, 5.74) is 3.48. The smallest absolute Gasteiger partial charge is 0.234 e. The molecule has 1 atom stereocenters. The molecule has 1 heterocycles. The van der Waals surface area contributed by atoms with Crippen molar-refractivity contribution in [1.29, 1.82) is 0 Å². The van der Waals surface area contributed by atoms with Crippen LogP contribution in [-0.4, -0.2) is 16.3 Å². The maximum absolute atomic E-state index is 12.8. The van der Waals surface area contributed by atoms with Gasteiger partial charge < -0.3 is 0 Å². The standard InChI is InChI=1S/C17H16FNOS.C2H6/c18-21-19-16(10-11-17(19)20)12-13-6-8-15(9-7-13)14-4-2-1-3-5-14;1-2/h1-9,16H,10-12H2;1-2H3/t16-;/m0./s1. The van der Waals surface area contributed by atoms with Crippen LogP contribution in [0.15, 0.2) is 54.6 Å². The van der Waals surface area contributed by atoms with Crippen LogP contribution < -0.4 is 0 Å². The van der Waals surface area contributed by atoms with Crippen LogP contribution in [0.25, 0.3) is 11.1 Å². The lowest BCUT2D eigenvalue weighted by Gasteiger charge is -2.19. The van der Waals surface area contributed by atoms with Crippen molar-refractivity contribution < 1.29 is 8.68 Å². The molecule has 122 valence electrons. The summed E-state index contributed by atoms with van der Waals surface area (Å²) >= 11 is 0.0517. The highest BCUT2D eigenvalue weighted by Gasteiger charge is 2.32. The highest BCUT2D eigenvalue weighted by atomic mass is 32.2. The molecule has 2 aromatic carbocycles. The Balaban J connectivity index is 0.000000924. The molecular formula is C19H22FNOS. The molecule has 2 aromatic rings. The van der Waals surface area contributed by atoms with E-state index in [1.165, 1.54) is 15.4 Å². The van der Waals surface area contributed by atoms with E-state index in [1.807, 2.05) is 32.0 Å². The molecule has 4 heteroatoms. The number of carbonyl (C=O) groups is 1. The minimum absolute atomic E-state index is 0.0323. The molecule has 0 bridgehead atoms. The quantitative estimate of drug-likeness (QED) is 0.695. The van der Waals surface area contributed by atoms with Crippen molar-refractivity contribution in [1.82, 2.24) is 4.31 Å². The van der Waals surface area contributed by atoms with E-state index < -0.39 is 0 Å². The van der Waals surface area contributed by atoms with Crippen LogP contribution >= 0.6 is 12.3 Å². The maximum atomic E-state index is 12.8. The Labute approximate surface area is 142 Å². The van der Waals surface area contributed by atoms with Gasteiger partial charge in [0.05, 0.1) is 6.04 Å². The first-order valence-corrected chi connectivity index (χ1v) is 8.70. The summed E-state index contributed by atoms with van der Waals surface area (Å²) in [7, 11) is 0. The van der Waals surface area contributed by atoms with Crippen molar-refractivity contribution in [2.45, 2.75) is 39.2 Å². The third kappa shape index (κ3) is 4.35. The summed E-state index contributed by atoms with van der Waals surface area (Å²) in [6, 6.07) is 18.4. The zero-order valence-electron chi connectivity index (χ0n) is 13.5. The van der Waals surface area contributed by atoms with Gasteiger partial charge in [0.25, 0.3) is 0 Å². The first kappa shape index (κ1) is 17.5. The predicted molar refractivity (Wildman–Crippen MR) is 95.5 cm³/mol. The fourth-order valence-corrected chi connectivity index (χ4v) is 3.20. The van der Waals surface area contributed by atoms with Crippen LogP contribution in [0.2, 0.25) is 0 Å². The lowest BCUT2D eigenvalue weighted by atomic mass is 10.0. The van der Waals surface area contributed by atoms with Crippen molar-refractivity contribution >= 4 is 18.2 Å². The van der Waals surface area contributed by atoms with Crippen LogP contribution in [0.4, 0.5) is 3.89 Å². The second-order valence-corrected chi connectivity index (χ2v) is 5.78. The van der Waals surface area contributed by atoms with Gasteiger partial charge in [0.2, 0.25) is 5.91 Å². The number of amides is 1. The van der Waals surface area contributed by atoms with E-state index >= 15 is 0 Å². The average molecular weight is 331 g/mol. The van der Waals surface area contributed by atoms with Gasteiger partial charge in [-0.15, -0.1) is 3.89 Å². The number of nitrogens with zero attached hydrogens (tertiary/aromatic N) is 1. The van der Waals surface area contributed by atoms with Crippen LogP contribution in [0.3, 0.4) is 0 Å². The highest BCUT2D eigenvalue weighted by molar-refractivity contribution is 7.92. The van der Waals surface area contributed by atoms with Crippen LogP contribution in [0, 0.1) is 0 Å². The van der Waals surface area contributed by atoms with E-state index in [0.29, 0.717) is 12.8 Å². The summed E-state index contributed by atoms with van der Waals surface area (Å²) in [6.07, 6.45) is 1.89. The van der Waals surface area contributed by atoms with E-state index in [4.69, 9.17) is 0 Å². The normalized spacial score (nSPS) is 16.9. The number of carbonyl (C=O) groups excluding carboxylic acids is 1. The Kier molecular flexibility index (Phi) is 6.66. The molecular weight excluding hydrogens is 309 g/mol. The molecule has 0 aromatic heterocycles. The number of hydrogen-bond donors (Lipinski definition) is 0. The van der Waals surface area contributed by atoms with Crippen LogP contribution in [-0.2, 0) is 11.2 Å². The number of benzene rings is 2. The molecule has 2 nitrogen and oxygen atoms in total. The van der Waals surface area contributed by atoms with Crippen LogP contribution in [0.5, 0.6) is 0 Å². The SMILES string of the molecule is CC.O=C1CC[C@@H](Cc2ccc(-c3ccccc3)cc2)N1SF. The number of hydrogen-bond acceptors (Lipinski definition) is 2. The van der Waals surface area contributed by atoms with Gasteiger partial charge in [0.15, 0.2) is 12.3 Å². The lowest BCUT2D eigenvalue weighted by Crippen LogP contribution is -2.27. The number of rotatable bonds is 4. The number of halogens is 1. The van der Waals surface area contributed by atoms with Crippen molar-refractivity contribution in [3.63, 3.8) is 0 Å². The van der Waals surface area contributed by atoms with Gasteiger partial charge >= 0.3 is 0 Å². The molecule has 0 N–H and O–H groups in total. The highest BCUT2D eigenvalue weighted by Crippen LogP contribution is 2.30. The van der Waals surface area contributed by atoms with Gasteiger partial charge in [-0.1, -0.05) is 68.4 Å². The molecule has 1 saturated heterocycles. The average Bonchev–Trinajstić information content (AvgIpc) is 2.97. The first-order valence-electron chi connectivity index (χ1n) is 8.03. The minimum atomic E-state index is -0.103. The molecule has 1 aliphatic heterocycles. The van der Waals surface area contributed by atoms with E-state index in [-0.39, 0.29) is 24.3 Å². The summed E-state index contributed by atoms with van der Waals surface area (Å²) in [5.74, 6) is -0.103. The van der Waals surface area contributed by atoms with Crippen molar-refractivity contribution in [3.8, 4) is 11.1 Å². The monoisotopic (exact) mass is 331 g/mol. The zero-order valence-corrected chi connectivity index (χ0v) is 14.4. The predicted octanol–water partition coefficient (Wildman–Crippen LogP) is 5.45. The van der Waals surface area contributed by atoms with Gasteiger partial charge in [0, 0.05) is 6.42 Å². The van der Waals surface area contributed by atoms with Gasteiger partial charge in [-0.25, -0.2) is 0 Å². The van der Waals surface area contributed by atoms with E-state index in [2.05, 4.69) is 36.4 Å². The third-order valence-corrected chi connectivity index (χ3v) is 4.53. The third-order valence-electron chi connectivity index (χ3n) is 3.88. The zero-order chi connectivity index (χ0) is 16.7. The Hall–Kier alpha value is -1.81. The van der Waals surface area contributed by atoms with Gasteiger partial charge in [-0.2, -0.15) is 0 Å². The molecule has 23 heavy (non-hydrogen) atoms. The Morgan fingerprint density at radius 2 is 1.65 bits per heavy atom. The lowest BCUT2D eigenvalue weighted by molar-refractivity contribution is -0.124. The maximum Gasteiger partial charge on any atom is 0.234 e. The Morgan fingerprint density at radius 1 is 1.04 bits per heavy atom. The molecule has 1 fully saturated rings. The fourth-order valence-electron chi connectivity index (χ4n) is 2.74. The van der Waals surface area contributed by atoms with Gasteiger partial charge in [-0.05, 0) is 29.5 Å². The van der Waals surface area contributed by atoms with Crippen LogP contribution in [0.1, 0.15) is 32.3 Å². The molecule has 0 saturated carbocycles. The van der Waals surface area contributed by atoms with E-state index in [0.717, 1.165) is 12.0 Å². The summed E-state index contributed by atoms with van der Waals surface area (Å²) in [5, 5.41) is 0. The van der Waals surface area contributed by atoms with E-state index in [9.17, 15) is 8.68 Å². The second-order valence-electron chi connectivity index (χ2n) is 5.25. The minimum Gasteiger partial charge on any atom is -0.274 e. The van der Waals surface area contributed by atoms with Crippen molar-refractivity contribution in [2.75, 3.05) is 0 Å². The summed E-state index contributed by atoms with van der Waals surface area (Å²) in [4.78, 5) is 11.5.